The van der Waals surface area contributed by atoms with Crippen molar-refractivity contribution >= 4 is 5.78 Å². The first-order chi connectivity index (χ1) is 9.65. The zero-order valence-electron chi connectivity index (χ0n) is 11.7. The van der Waals surface area contributed by atoms with Crippen molar-refractivity contribution in [3.05, 3.63) is 58.7 Å². The van der Waals surface area contributed by atoms with Crippen molar-refractivity contribution in [1.82, 2.24) is 4.57 Å². The van der Waals surface area contributed by atoms with Crippen molar-refractivity contribution in [2.75, 3.05) is 0 Å². The van der Waals surface area contributed by atoms with Gasteiger partial charge in [-0.25, -0.2) is 4.39 Å². The SMILES string of the molecule is Cc1cc(F)ccc1CCn1ccc2c1CCCC2=O. The maximum atomic E-state index is 13.1. The molecule has 1 aliphatic carbocycles. The van der Waals surface area contributed by atoms with E-state index in [1.807, 2.05) is 25.3 Å². The molecule has 1 aromatic heterocycles. The minimum Gasteiger partial charge on any atom is -0.350 e. The van der Waals surface area contributed by atoms with Gasteiger partial charge in [0.2, 0.25) is 0 Å². The average Bonchev–Trinajstić information content (AvgIpc) is 2.83. The van der Waals surface area contributed by atoms with E-state index < -0.39 is 0 Å². The van der Waals surface area contributed by atoms with Crippen LogP contribution in [0.5, 0.6) is 0 Å². The molecule has 1 heterocycles. The van der Waals surface area contributed by atoms with E-state index in [0.29, 0.717) is 6.42 Å². The van der Waals surface area contributed by atoms with Crippen LogP contribution in [0.25, 0.3) is 0 Å². The molecule has 2 nitrogen and oxygen atoms in total. The van der Waals surface area contributed by atoms with E-state index >= 15 is 0 Å². The highest BCUT2D eigenvalue weighted by Gasteiger charge is 2.20. The number of ketones is 1. The van der Waals surface area contributed by atoms with Gasteiger partial charge in [-0.3, -0.25) is 4.79 Å². The van der Waals surface area contributed by atoms with E-state index in [1.54, 1.807) is 6.07 Å². The Morgan fingerprint density at radius 3 is 2.90 bits per heavy atom. The summed E-state index contributed by atoms with van der Waals surface area (Å²) in [5, 5.41) is 0. The monoisotopic (exact) mass is 271 g/mol. The first-order valence-corrected chi connectivity index (χ1v) is 7.11. The van der Waals surface area contributed by atoms with Gasteiger partial charge in [-0.15, -0.1) is 0 Å². The fraction of sp³-hybridized carbons (Fsp3) is 0.353. The third kappa shape index (κ3) is 2.40. The molecule has 0 amide bonds. The third-order valence-corrected chi connectivity index (χ3v) is 4.12. The van der Waals surface area contributed by atoms with Gasteiger partial charge >= 0.3 is 0 Å². The molecule has 2 aromatic rings. The quantitative estimate of drug-likeness (QED) is 0.834. The number of fused-ring (bicyclic) bond motifs is 1. The summed E-state index contributed by atoms with van der Waals surface area (Å²) in [6.45, 7) is 2.78. The number of aromatic nitrogens is 1. The summed E-state index contributed by atoms with van der Waals surface area (Å²) in [4.78, 5) is 11.8. The number of halogens is 1. The van der Waals surface area contributed by atoms with Crippen LogP contribution in [0.2, 0.25) is 0 Å². The maximum absolute atomic E-state index is 13.1. The lowest BCUT2D eigenvalue weighted by molar-refractivity contribution is 0.0972. The molecule has 0 saturated carbocycles. The number of rotatable bonds is 3. The Morgan fingerprint density at radius 2 is 2.10 bits per heavy atom. The maximum Gasteiger partial charge on any atom is 0.164 e. The summed E-state index contributed by atoms with van der Waals surface area (Å²) in [5.74, 6) is 0.0816. The van der Waals surface area contributed by atoms with E-state index in [2.05, 4.69) is 4.57 Å². The summed E-state index contributed by atoms with van der Waals surface area (Å²) in [5.41, 5.74) is 4.21. The van der Waals surface area contributed by atoms with Gasteiger partial charge in [0, 0.05) is 30.4 Å². The molecule has 0 bridgehead atoms. The molecule has 104 valence electrons. The number of hydrogen-bond acceptors (Lipinski definition) is 1. The van der Waals surface area contributed by atoms with Crippen molar-refractivity contribution in [3.63, 3.8) is 0 Å². The summed E-state index contributed by atoms with van der Waals surface area (Å²) < 4.78 is 15.3. The number of hydrogen-bond donors (Lipinski definition) is 0. The molecule has 0 aliphatic heterocycles. The summed E-state index contributed by atoms with van der Waals surface area (Å²) in [6, 6.07) is 6.88. The number of carbonyl (C=O) groups excluding carboxylic acids is 1. The Hall–Kier alpha value is -1.90. The summed E-state index contributed by atoms with van der Waals surface area (Å²) in [7, 11) is 0. The van der Waals surface area contributed by atoms with Crippen LogP contribution in [-0.2, 0) is 19.4 Å². The molecule has 0 atom stereocenters. The van der Waals surface area contributed by atoms with Crippen LogP contribution in [0.15, 0.2) is 30.5 Å². The minimum absolute atomic E-state index is 0.185. The van der Waals surface area contributed by atoms with Crippen molar-refractivity contribution in [2.45, 2.75) is 39.2 Å². The van der Waals surface area contributed by atoms with Gasteiger partial charge in [0.15, 0.2) is 5.78 Å². The molecule has 0 radical (unpaired) electrons. The standard InChI is InChI=1S/C17H18FNO/c1-12-11-14(18)6-5-13(12)7-9-19-10-8-15-16(19)3-2-4-17(15)20/h5-6,8,10-11H,2-4,7,9H2,1H3. The predicted octanol–water partition coefficient (Wildman–Crippen LogP) is 3.70. The Morgan fingerprint density at radius 1 is 1.25 bits per heavy atom. The Kier molecular flexibility index (Phi) is 3.43. The van der Waals surface area contributed by atoms with Crippen LogP contribution in [0, 0.1) is 12.7 Å². The molecule has 1 aromatic carbocycles. The van der Waals surface area contributed by atoms with Gasteiger partial charge in [-0.1, -0.05) is 6.07 Å². The second-order valence-corrected chi connectivity index (χ2v) is 5.47. The van der Waals surface area contributed by atoms with Crippen molar-refractivity contribution in [2.24, 2.45) is 0 Å². The molecule has 3 heteroatoms. The predicted molar refractivity (Wildman–Crippen MR) is 76.5 cm³/mol. The molecule has 0 spiro atoms. The van der Waals surface area contributed by atoms with Crippen molar-refractivity contribution < 1.29 is 9.18 Å². The highest BCUT2D eigenvalue weighted by molar-refractivity contribution is 5.98. The van der Waals surface area contributed by atoms with Gasteiger partial charge in [0.1, 0.15) is 5.82 Å². The smallest absolute Gasteiger partial charge is 0.164 e. The van der Waals surface area contributed by atoms with Gasteiger partial charge in [0.25, 0.3) is 0 Å². The fourth-order valence-electron chi connectivity index (χ4n) is 2.98. The molecule has 0 saturated heterocycles. The van der Waals surface area contributed by atoms with Crippen LogP contribution < -0.4 is 0 Å². The third-order valence-electron chi connectivity index (χ3n) is 4.12. The lowest BCUT2D eigenvalue weighted by Crippen LogP contribution is -2.14. The van der Waals surface area contributed by atoms with E-state index in [9.17, 15) is 9.18 Å². The molecule has 0 fully saturated rings. The molecule has 0 unspecified atom stereocenters. The van der Waals surface area contributed by atoms with Crippen molar-refractivity contribution in [3.8, 4) is 0 Å². The van der Waals surface area contributed by atoms with Gasteiger partial charge < -0.3 is 4.57 Å². The topological polar surface area (TPSA) is 22.0 Å². The molecule has 1 aliphatic rings. The number of benzene rings is 1. The van der Waals surface area contributed by atoms with E-state index in [1.165, 1.54) is 11.8 Å². The van der Waals surface area contributed by atoms with E-state index in [0.717, 1.165) is 42.5 Å². The first kappa shape index (κ1) is 13.1. The number of carbonyl (C=O) groups is 1. The molecule has 3 rings (SSSR count). The normalized spacial score (nSPS) is 14.4. The largest absolute Gasteiger partial charge is 0.350 e. The highest BCUT2D eigenvalue weighted by Crippen LogP contribution is 2.23. The molecular weight excluding hydrogens is 253 g/mol. The van der Waals surface area contributed by atoms with Crippen LogP contribution in [0.4, 0.5) is 4.39 Å². The lowest BCUT2D eigenvalue weighted by Gasteiger charge is -2.15. The Balaban J connectivity index is 1.77. The van der Waals surface area contributed by atoms with Crippen LogP contribution >= 0.6 is 0 Å². The number of aryl methyl sites for hydroxylation is 3. The lowest BCUT2D eigenvalue weighted by atomic mass is 9.96. The second-order valence-electron chi connectivity index (χ2n) is 5.47. The fourth-order valence-corrected chi connectivity index (χ4v) is 2.98. The van der Waals surface area contributed by atoms with Crippen LogP contribution in [0.3, 0.4) is 0 Å². The minimum atomic E-state index is -0.185. The number of Topliss-reactive ketones (excluding diaryl/α,β-unsaturated/α-hetero) is 1. The number of nitrogens with zero attached hydrogens (tertiary/aromatic N) is 1. The Bertz CT molecular complexity index is 657. The molecular formula is C17H18FNO. The second kappa shape index (κ2) is 5.23. The zero-order valence-corrected chi connectivity index (χ0v) is 11.7. The molecule has 20 heavy (non-hydrogen) atoms. The zero-order chi connectivity index (χ0) is 14.1. The average molecular weight is 271 g/mol. The van der Waals surface area contributed by atoms with Gasteiger partial charge in [0.05, 0.1) is 0 Å². The van der Waals surface area contributed by atoms with Crippen LogP contribution in [0.1, 0.15) is 40.0 Å². The highest BCUT2D eigenvalue weighted by atomic mass is 19.1. The Labute approximate surface area is 118 Å². The summed E-state index contributed by atoms with van der Waals surface area (Å²) in [6.07, 6.45) is 5.48. The van der Waals surface area contributed by atoms with Crippen LogP contribution in [-0.4, -0.2) is 10.4 Å². The van der Waals surface area contributed by atoms with Gasteiger partial charge in [-0.2, -0.15) is 0 Å². The van der Waals surface area contributed by atoms with Gasteiger partial charge in [-0.05, 0) is 55.5 Å². The van der Waals surface area contributed by atoms with Crippen molar-refractivity contribution in [1.29, 1.82) is 0 Å². The molecule has 0 N–H and O–H groups in total. The van der Waals surface area contributed by atoms with E-state index in [-0.39, 0.29) is 11.6 Å². The van der Waals surface area contributed by atoms with E-state index in [4.69, 9.17) is 0 Å². The first-order valence-electron chi connectivity index (χ1n) is 7.11. The summed E-state index contributed by atoms with van der Waals surface area (Å²) >= 11 is 0.